The number of rotatable bonds is 3. The Kier molecular flexibility index (Phi) is 4.24. The summed E-state index contributed by atoms with van der Waals surface area (Å²) in [5.74, 6) is 0.777. The standard InChI is InChI=1S/C13H16FNO2S/c14-11-4-2-1-3-10(11)12(16)15-9-13(17)5-7-18-8-6-13/h1-4,17H,5-9H2,(H,15,16). The molecule has 98 valence electrons. The molecule has 1 heterocycles. The third-order valence-corrected chi connectivity index (χ3v) is 4.11. The lowest BCUT2D eigenvalue weighted by atomic mass is 9.97. The number of carbonyl (C=O) groups excluding carboxylic acids is 1. The van der Waals surface area contributed by atoms with Crippen molar-refractivity contribution in [1.29, 1.82) is 0 Å². The Balaban J connectivity index is 1.94. The van der Waals surface area contributed by atoms with Gasteiger partial charge in [0.1, 0.15) is 5.82 Å². The predicted octanol–water partition coefficient (Wildman–Crippen LogP) is 1.81. The number of hydrogen-bond acceptors (Lipinski definition) is 3. The van der Waals surface area contributed by atoms with Gasteiger partial charge in [0.15, 0.2) is 0 Å². The first kappa shape index (κ1) is 13.4. The Hall–Kier alpha value is -1.07. The minimum absolute atomic E-state index is 0.0197. The van der Waals surface area contributed by atoms with Gasteiger partial charge in [0.2, 0.25) is 0 Å². The maximum Gasteiger partial charge on any atom is 0.254 e. The topological polar surface area (TPSA) is 49.3 Å². The van der Waals surface area contributed by atoms with Crippen LogP contribution in [0.5, 0.6) is 0 Å². The molecular formula is C13H16FNO2S. The van der Waals surface area contributed by atoms with Crippen LogP contribution in [0.4, 0.5) is 4.39 Å². The minimum Gasteiger partial charge on any atom is -0.388 e. The van der Waals surface area contributed by atoms with E-state index >= 15 is 0 Å². The van der Waals surface area contributed by atoms with Crippen LogP contribution in [0.1, 0.15) is 23.2 Å². The summed E-state index contributed by atoms with van der Waals surface area (Å²) in [4.78, 5) is 11.8. The van der Waals surface area contributed by atoms with E-state index in [4.69, 9.17) is 0 Å². The molecule has 1 saturated heterocycles. The SMILES string of the molecule is O=C(NCC1(O)CCSCC1)c1ccccc1F. The van der Waals surface area contributed by atoms with E-state index in [-0.39, 0.29) is 12.1 Å². The average molecular weight is 269 g/mol. The Morgan fingerprint density at radius 3 is 2.72 bits per heavy atom. The molecule has 0 atom stereocenters. The number of amides is 1. The van der Waals surface area contributed by atoms with E-state index in [1.165, 1.54) is 18.2 Å². The van der Waals surface area contributed by atoms with E-state index in [9.17, 15) is 14.3 Å². The molecule has 1 aliphatic heterocycles. The predicted molar refractivity (Wildman–Crippen MR) is 70.2 cm³/mol. The highest BCUT2D eigenvalue weighted by atomic mass is 32.2. The lowest BCUT2D eigenvalue weighted by Gasteiger charge is -2.31. The lowest BCUT2D eigenvalue weighted by molar-refractivity contribution is 0.0310. The smallest absolute Gasteiger partial charge is 0.254 e. The summed E-state index contributed by atoms with van der Waals surface area (Å²) in [7, 11) is 0. The molecule has 1 aromatic carbocycles. The number of halogens is 1. The van der Waals surface area contributed by atoms with Crippen molar-refractivity contribution in [2.75, 3.05) is 18.1 Å². The van der Waals surface area contributed by atoms with E-state index < -0.39 is 17.3 Å². The number of thioether (sulfide) groups is 1. The third kappa shape index (κ3) is 3.23. The van der Waals surface area contributed by atoms with Crippen LogP contribution >= 0.6 is 11.8 Å². The maximum atomic E-state index is 13.4. The van der Waals surface area contributed by atoms with Crippen LogP contribution in [0, 0.1) is 5.82 Å². The summed E-state index contributed by atoms with van der Waals surface area (Å²) in [5.41, 5.74) is -0.821. The molecule has 0 saturated carbocycles. The van der Waals surface area contributed by atoms with Gasteiger partial charge < -0.3 is 10.4 Å². The Bertz CT molecular complexity index is 433. The van der Waals surface area contributed by atoms with Crippen molar-refractivity contribution in [2.24, 2.45) is 0 Å². The van der Waals surface area contributed by atoms with Crippen molar-refractivity contribution in [3.05, 3.63) is 35.6 Å². The fourth-order valence-electron chi connectivity index (χ4n) is 1.91. The molecule has 0 aliphatic carbocycles. The second-order valence-corrected chi connectivity index (χ2v) is 5.72. The molecule has 2 N–H and O–H groups in total. The summed E-state index contributed by atoms with van der Waals surface area (Å²) in [6, 6.07) is 5.84. The highest BCUT2D eigenvalue weighted by Crippen LogP contribution is 2.26. The van der Waals surface area contributed by atoms with Crippen molar-refractivity contribution in [3.63, 3.8) is 0 Å². The highest BCUT2D eigenvalue weighted by Gasteiger charge is 2.30. The first-order chi connectivity index (χ1) is 8.61. The lowest BCUT2D eigenvalue weighted by Crippen LogP contribution is -2.45. The Morgan fingerprint density at radius 2 is 2.06 bits per heavy atom. The van der Waals surface area contributed by atoms with Crippen LogP contribution in [-0.2, 0) is 0 Å². The molecule has 0 radical (unpaired) electrons. The molecule has 1 fully saturated rings. The molecule has 3 nitrogen and oxygen atoms in total. The van der Waals surface area contributed by atoms with E-state index in [0.29, 0.717) is 12.8 Å². The molecule has 0 bridgehead atoms. The first-order valence-electron chi connectivity index (χ1n) is 5.94. The normalized spacial score (nSPS) is 18.3. The number of carbonyl (C=O) groups is 1. The third-order valence-electron chi connectivity index (χ3n) is 3.12. The highest BCUT2D eigenvalue weighted by molar-refractivity contribution is 7.99. The fourth-order valence-corrected chi connectivity index (χ4v) is 3.17. The number of benzene rings is 1. The van der Waals surface area contributed by atoms with Crippen molar-refractivity contribution in [2.45, 2.75) is 18.4 Å². The summed E-state index contributed by atoms with van der Waals surface area (Å²) < 4.78 is 13.4. The van der Waals surface area contributed by atoms with E-state index in [2.05, 4.69) is 5.32 Å². The van der Waals surface area contributed by atoms with Crippen LogP contribution in [-0.4, -0.2) is 34.7 Å². The number of nitrogens with one attached hydrogen (secondary N) is 1. The van der Waals surface area contributed by atoms with E-state index in [0.717, 1.165) is 11.5 Å². The molecule has 2 rings (SSSR count). The summed E-state index contributed by atoms with van der Waals surface area (Å²) in [6.45, 7) is 0.181. The van der Waals surface area contributed by atoms with E-state index in [1.54, 1.807) is 17.8 Å². The summed E-state index contributed by atoms with van der Waals surface area (Å²) in [5, 5.41) is 12.8. The van der Waals surface area contributed by atoms with Crippen molar-refractivity contribution < 1.29 is 14.3 Å². The fraction of sp³-hybridized carbons (Fsp3) is 0.462. The van der Waals surface area contributed by atoms with Crippen molar-refractivity contribution in [1.82, 2.24) is 5.32 Å². The molecule has 1 amide bonds. The van der Waals surface area contributed by atoms with Gasteiger partial charge in [-0.05, 0) is 36.5 Å². The zero-order valence-corrected chi connectivity index (χ0v) is 10.8. The van der Waals surface area contributed by atoms with Crippen LogP contribution < -0.4 is 5.32 Å². The van der Waals surface area contributed by atoms with Gasteiger partial charge in [-0.15, -0.1) is 0 Å². The molecule has 5 heteroatoms. The summed E-state index contributed by atoms with van der Waals surface area (Å²) in [6.07, 6.45) is 1.32. The Labute approximate surface area is 110 Å². The largest absolute Gasteiger partial charge is 0.388 e. The van der Waals surface area contributed by atoms with Gasteiger partial charge in [-0.1, -0.05) is 12.1 Å². The number of aliphatic hydroxyl groups is 1. The van der Waals surface area contributed by atoms with Gasteiger partial charge in [0.05, 0.1) is 11.2 Å². The van der Waals surface area contributed by atoms with Gasteiger partial charge in [-0.3, -0.25) is 4.79 Å². The van der Waals surface area contributed by atoms with Gasteiger partial charge in [-0.2, -0.15) is 11.8 Å². The monoisotopic (exact) mass is 269 g/mol. The van der Waals surface area contributed by atoms with Crippen molar-refractivity contribution in [3.8, 4) is 0 Å². The zero-order valence-electron chi connectivity index (χ0n) is 9.99. The second kappa shape index (κ2) is 5.71. The average Bonchev–Trinajstić information content (AvgIpc) is 2.38. The van der Waals surface area contributed by atoms with Gasteiger partial charge in [0.25, 0.3) is 5.91 Å². The molecule has 1 aliphatic rings. The molecular weight excluding hydrogens is 253 g/mol. The Morgan fingerprint density at radius 1 is 1.39 bits per heavy atom. The molecule has 0 spiro atoms. The van der Waals surface area contributed by atoms with Gasteiger partial charge in [-0.25, -0.2) is 4.39 Å². The maximum absolute atomic E-state index is 13.4. The van der Waals surface area contributed by atoms with Gasteiger partial charge >= 0.3 is 0 Å². The second-order valence-electron chi connectivity index (χ2n) is 4.50. The molecule has 0 aromatic heterocycles. The molecule has 1 aromatic rings. The van der Waals surface area contributed by atoms with Crippen LogP contribution in [0.25, 0.3) is 0 Å². The zero-order chi connectivity index (χ0) is 13.0. The van der Waals surface area contributed by atoms with Crippen LogP contribution in [0.2, 0.25) is 0 Å². The number of hydrogen-bond donors (Lipinski definition) is 2. The quantitative estimate of drug-likeness (QED) is 0.880. The summed E-state index contributed by atoms with van der Waals surface area (Å²) >= 11 is 1.80. The first-order valence-corrected chi connectivity index (χ1v) is 7.09. The van der Waals surface area contributed by atoms with Crippen LogP contribution in [0.3, 0.4) is 0 Å². The van der Waals surface area contributed by atoms with Crippen molar-refractivity contribution >= 4 is 17.7 Å². The molecule has 18 heavy (non-hydrogen) atoms. The van der Waals surface area contributed by atoms with Crippen LogP contribution in [0.15, 0.2) is 24.3 Å². The molecule has 0 unspecified atom stereocenters. The minimum atomic E-state index is -0.841. The van der Waals surface area contributed by atoms with Gasteiger partial charge in [0, 0.05) is 6.54 Å². The van der Waals surface area contributed by atoms with E-state index in [1.807, 2.05) is 0 Å².